The predicted molar refractivity (Wildman–Crippen MR) is 100 cm³/mol. The fourth-order valence-electron chi connectivity index (χ4n) is 2.46. The molecule has 27 heavy (non-hydrogen) atoms. The molecular weight excluding hydrogens is 366 g/mol. The van der Waals surface area contributed by atoms with Crippen LogP contribution in [0.1, 0.15) is 23.9 Å². The van der Waals surface area contributed by atoms with Crippen LogP contribution in [0.4, 0.5) is 0 Å². The molecule has 8 nitrogen and oxygen atoms in total. The second-order valence-electron chi connectivity index (χ2n) is 5.95. The maximum Gasteiger partial charge on any atom is 0.325 e. The zero-order valence-electron chi connectivity index (χ0n) is 14.8. The highest BCUT2D eigenvalue weighted by Gasteiger charge is 2.10. The Hall–Kier alpha value is -3.07. The molecule has 3 rings (SSSR count). The van der Waals surface area contributed by atoms with E-state index in [1.54, 1.807) is 0 Å². The summed E-state index contributed by atoms with van der Waals surface area (Å²) in [5.74, 6) is -1.18. The molecule has 0 unspecified atom stereocenters. The second-order valence-corrected chi connectivity index (χ2v) is 6.81. The largest absolute Gasteiger partial charge is 0.480 e. The van der Waals surface area contributed by atoms with Gasteiger partial charge in [0.2, 0.25) is 5.91 Å². The first kappa shape index (κ1) is 18.7. The van der Waals surface area contributed by atoms with Crippen molar-refractivity contribution < 1.29 is 14.7 Å². The summed E-state index contributed by atoms with van der Waals surface area (Å²) in [6, 6.07) is 8.26. The number of hydrogen-bond acceptors (Lipinski definition) is 6. The highest BCUT2D eigenvalue weighted by atomic mass is 32.1. The van der Waals surface area contributed by atoms with Crippen molar-refractivity contribution >= 4 is 23.2 Å². The molecular formula is C18H19N5O3S. The van der Waals surface area contributed by atoms with E-state index in [-0.39, 0.29) is 25.4 Å². The van der Waals surface area contributed by atoms with E-state index in [1.807, 2.05) is 17.5 Å². The van der Waals surface area contributed by atoms with Gasteiger partial charge in [0, 0.05) is 10.9 Å². The van der Waals surface area contributed by atoms with Crippen molar-refractivity contribution in [2.75, 3.05) is 0 Å². The van der Waals surface area contributed by atoms with Crippen LogP contribution in [0.25, 0.3) is 10.6 Å². The first-order valence-electron chi connectivity index (χ1n) is 8.44. The first-order valence-corrected chi connectivity index (χ1v) is 9.32. The summed E-state index contributed by atoms with van der Waals surface area (Å²) < 4.78 is 1.21. The molecule has 140 valence electrons. The van der Waals surface area contributed by atoms with E-state index in [1.165, 1.54) is 27.8 Å². The minimum absolute atomic E-state index is 0.173. The summed E-state index contributed by atoms with van der Waals surface area (Å²) in [5, 5.41) is 21.7. The van der Waals surface area contributed by atoms with Gasteiger partial charge >= 0.3 is 5.97 Å². The van der Waals surface area contributed by atoms with Gasteiger partial charge in [-0.25, -0.2) is 9.67 Å². The number of aliphatic carboxylic acids is 1. The van der Waals surface area contributed by atoms with Gasteiger partial charge in [-0.2, -0.15) is 0 Å². The average molecular weight is 385 g/mol. The van der Waals surface area contributed by atoms with E-state index < -0.39 is 5.97 Å². The highest BCUT2D eigenvalue weighted by Crippen LogP contribution is 2.24. The Bertz CT molecular complexity index is 933. The Balaban J connectivity index is 1.53. The van der Waals surface area contributed by atoms with E-state index in [4.69, 9.17) is 5.11 Å². The number of amides is 1. The van der Waals surface area contributed by atoms with Crippen molar-refractivity contribution in [2.24, 2.45) is 0 Å². The van der Waals surface area contributed by atoms with Crippen LogP contribution in [0, 0.1) is 0 Å². The minimum atomic E-state index is -1.00. The molecule has 0 radical (unpaired) electrons. The van der Waals surface area contributed by atoms with Gasteiger partial charge in [-0.1, -0.05) is 36.4 Å². The van der Waals surface area contributed by atoms with Crippen molar-refractivity contribution in [1.29, 1.82) is 0 Å². The molecule has 2 aromatic heterocycles. The third-order valence-electron chi connectivity index (χ3n) is 3.85. The number of hydrogen-bond donors (Lipinski definition) is 2. The molecule has 2 N–H and O–H groups in total. The molecule has 0 bridgehead atoms. The molecule has 2 heterocycles. The number of carboxylic acids is 1. The molecule has 0 aliphatic heterocycles. The smallest absolute Gasteiger partial charge is 0.325 e. The number of nitrogens with zero attached hydrogens (tertiary/aromatic N) is 4. The van der Waals surface area contributed by atoms with Crippen LogP contribution in [0.5, 0.6) is 0 Å². The Morgan fingerprint density at radius 2 is 2.00 bits per heavy atom. The fraction of sp³-hybridized carbons (Fsp3) is 0.278. The zero-order chi connectivity index (χ0) is 19.2. The van der Waals surface area contributed by atoms with Crippen molar-refractivity contribution in [3.63, 3.8) is 0 Å². The van der Waals surface area contributed by atoms with Gasteiger partial charge in [0.1, 0.15) is 17.2 Å². The maximum absolute atomic E-state index is 12.1. The first-order chi connectivity index (χ1) is 13.0. The number of rotatable bonds is 8. The Labute approximate surface area is 159 Å². The molecule has 3 aromatic rings. The standard InChI is InChI=1S/C18H19N5O3S/c1-2-12-3-5-13(6-4-12)18-20-14(11-27-18)7-16(24)19-8-15-9-23(22-21-15)10-17(25)26/h3-6,9,11H,2,7-8,10H2,1H3,(H,19,24)(H,25,26). The summed E-state index contributed by atoms with van der Waals surface area (Å²) in [6.45, 7) is 2.04. The summed E-state index contributed by atoms with van der Waals surface area (Å²) >= 11 is 1.51. The molecule has 0 atom stereocenters. The van der Waals surface area contributed by atoms with Gasteiger partial charge in [0.25, 0.3) is 0 Å². The van der Waals surface area contributed by atoms with Gasteiger partial charge < -0.3 is 10.4 Å². The number of nitrogens with one attached hydrogen (secondary N) is 1. The molecule has 1 aromatic carbocycles. The molecule has 0 aliphatic rings. The fourth-order valence-corrected chi connectivity index (χ4v) is 3.28. The number of carbonyl (C=O) groups excluding carboxylic acids is 1. The van der Waals surface area contributed by atoms with Gasteiger partial charge in [-0.15, -0.1) is 16.4 Å². The molecule has 1 amide bonds. The lowest BCUT2D eigenvalue weighted by molar-refractivity contribution is -0.138. The Morgan fingerprint density at radius 3 is 2.70 bits per heavy atom. The van der Waals surface area contributed by atoms with Gasteiger partial charge in [-0.05, 0) is 12.0 Å². The molecule has 9 heteroatoms. The number of benzene rings is 1. The maximum atomic E-state index is 12.1. The Morgan fingerprint density at radius 1 is 1.22 bits per heavy atom. The van der Waals surface area contributed by atoms with Crippen molar-refractivity contribution in [2.45, 2.75) is 32.9 Å². The lowest BCUT2D eigenvalue weighted by Gasteiger charge is -2.01. The lowest BCUT2D eigenvalue weighted by atomic mass is 10.1. The highest BCUT2D eigenvalue weighted by molar-refractivity contribution is 7.13. The van der Waals surface area contributed by atoms with Crippen molar-refractivity contribution in [3.8, 4) is 10.6 Å². The van der Waals surface area contributed by atoms with Crippen LogP contribution in [-0.4, -0.2) is 37.0 Å². The minimum Gasteiger partial charge on any atom is -0.480 e. The molecule has 0 aliphatic carbocycles. The van der Waals surface area contributed by atoms with E-state index in [0.29, 0.717) is 11.4 Å². The van der Waals surface area contributed by atoms with E-state index in [0.717, 1.165) is 17.0 Å². The van der Waals surface area contributed by atoms with Crippen LogP contribution < -0.4 is 5.32 Å². The van der Waals surface area contributed by atoms with E-state index >= 15 is 0 Å². The van der Waals surface area contributed by atoms with Crippen LogP contribution in [-0.2, 0) is 35.5 Å². The van der Waals surface area contributed by atoms with Crippen LogP contribution in [0.15, 0.2) is 35.8 Å². The lowest BCUT2D eigenvalue weighted by Crippen LogP contribution is -2.24. The molecule has 0 spiro atoms. The monoisotopic (exact) mass is 385 g/mol. The van der Waals surface area contributed by atoms with Crippen LogP contribution >= 0.6 is 11.3 Å². The molecule has 0 saturated heterocycles. The van der Waals surface area contributed by atoms with Crippen LogP contribution in [0.3, 0.4) is 0 Å². The van der Waals surface area contributed by atoms with Gasteiger partial charge in [-0.3, -0.25) is 9.59 Å². The topological polar surface area (TPSA) is 110 Å². The zero-order valence-corrected chi connectivity index (χ0v) is 15.6. The average Bonchev–Trinajstić information content (AvgIpc) is 3.29. The summed E-state index contributed by atoms with van der Waals surface area (Å²) in [5.41, 5.74) is 3.52. The van der Waals surface area contributed by atoms with Crippen molar-refractivity contribution in [1.82, 2.24) is 25.3 Å². The normalized spacial score (nSPS) is 10.7. The van der Waals surface area contributed by atoms with E-state index in [2.05, 4.69) is 39.7 Å². The third-order valence-corrected chi connectivity index (χ3v) is 4.79. The Kier molecular flexibility index (Phi) is 5.92. The molecule has 0 saturated carbocycles. The third kappa shape index (κ3) is 5.20. The number of aryl methyl sites for hydroxylation is 1. The second kappa shape index (κ2) is 8.54. The summed E-state index contributed by atoms with van der Waals surface area (Å²) in [6.07, 6.45) is 2.66. The molecule has 0 fully saturated rings. The SMILES string of the molecule is CCc1ccc(-c2nc(CC(=O)NCc3cn(CC(=O)O)nn3)cs2)cc1. The van der Waals surface area contributed by atoms with Gasteiger partial charge in [0.15, 0.2) is 0 Å². The number of carboxylic acid groups (broad SMARTS) is 1. The summed E-state index contributed by atoms with van der Waals surface area (Å²) in [7, 11) is 0. The van der Waals surface area contributed by atoms with E-state index in [9.17, 15) is 9.59 Å². The van der Waals surface area contributed by atoms with Crippen molar-refractivity contribution in [3.05, 3.63) is 52.8 Å². The number of thiazole rings is 1. The number of aromatic nitrogens is 4. The predicted octanol–water partition coefficient (Wildman–Crippen LogP) is 1.91. The number of carbonyl (C=O) groups is 2. The quantitative estimate of drug-likeness (QED) is 0.613. The van der Waals surface area contributed by atoms with Crippen LogP contribution in [0.2, 0.25) is 0 Å². The van der Waals surface area contributed by atoms with Gasteiger partial charge in [0.05, 0.1) is 24.9 Å². The summed E-state index contributed by atoms with van der Waals surface area (Å²) in [4.78, 5) is 27.3.